The summed E-state index contributed by atoms with van der Waals surface area (Å²) in [5, 5.41) is 20.0. The maximum atomic E-state index is 12.3. The first-order valence-electron chi connectivity index (χ1n) is 5.56. The largest absolute Gasteiger partial charge is 0.392 e. The molecule has 7 nitrogen and oxygen atoms in total. The normalized spacial score (nSPS) is 13.5. The van der Waals surface area contributed by atoms with Crippen LogP contribution < -0.4 is 0 Å². The van der Waals surface area contributed by atoms with Crippen molar-refractivity contribution in [2.45, 2.75) is 24.8 Å². The van der Waals surface area contributed by atoms with E-state index in [-0.39, 0.29) is 22.7 Å². The Hall–Kier alpha value is -1.51. The lowest BCUT2D eigenvalue weighted by atomic mass is 10.2. The minimum Gasteiger partial charge on any atom is -0.392 e. The zero-order chi connectivity index (χ0) is 14.8. The zero-order valence-corrected chi connectivity index (χ0v) is 11.7. The molecule has 0 amide bonds. The van der Waals surface area contributed by atoms with Crippen LogP contribution in [0.5, 0.6) is 0 Å². The number of hydrogen-bond donors (Lipinski definition) is 1. The molecule has 0 aromatic heterocycles. The van der Waals surface area contributed by atoms with E-state index in [1.54, 1.807) is 0 Å². The number of likely N-dealkylation sites (N-methyl/N-ethyl adjacent to an activating group) is 1. The van der Waals surface area contributed by atoms with Crippen LogP contribution in [0.1, 0.15) is 12.5 Å². The van der Waals surface area contributed by atoms with Gasteiger partial charge in [-0.2, -0.15) is 4.31 Å². The molecule has 19 heavy (non-hydrogen) atoms. The number of nitro benzene ring substituents is 1. The van der Waals surface area contributed by atoms with E-state index in [0.717, 1.165) is 4.31 Å². The van der Waals surface area contributed by atoms with E-state index in [2.05, 4.69) is 0 Å². The van der Waals surface area contributed by atoms with Gasteiger partial charge in [-0.1, -0.05) is 6.07 Å². The Balaban J connectivity index is 3.30. The van der Waals surface area contributed by atoms with Crippen LogP contribution in [-0.4, -0.2) is 42.4 Å². The molecule has 0 aliphatic heterocycles. The van der Waals surface area contributed by atoms with Crippen molar-refractivity contribution in [3.05, 3.63) is 33.9 Å². The van der Waals surface area contributed by atoms with Crippen LogP contribution in [0.2, 0.25) is 0 Å². The molecule has 1 rings (SSSR count). The third kappa shape index (κ3) is 3.28. The SMILES string of the molecule is Cc1c([N+](=O)[O-])cccc1S(=O)(=O)N(C)CC(C)O. The van der Waals surface area contributed by atoms with Gasteiger partial charge in [0.05, 0.1) is 15.9 Å². The van der Waals surface area contributed by atoms with Crippen molar-refractivity contribution in [2.75, 3.05) is 13.6 Å². The molecule has 0 saturated heterocycles. The summed E-state index contributed by atoms with van der Waals surface area (Å²) in [6, 6.07) is 3.90. The number of hydrogen-bond acceptors (Lipinski definition) is 5. The van der Waals surface area contributed by atoms with E-state index in [9.17, 15) is 23.6 Å². The molecule has 0 aliphatic rings. The molecule has 0 heterocycles. The monoisotopic (exact) mass is 288 g/mol. The van der Waals surface area contributed by atoms with Crippen LogP contribution in [-0.2, 0) is 10.0 Å². The summed E-state index contributed by atoms with van der Waals surface area (Å²) >= 11 is 0. The molecular formula is C11H16N2O5S. The number of rotatable bonds is 5. The first-order chi connectivity index (χ1) is 8.67. The Kier molecular flexibility index (Phi) is 4.61. The van der Waals surface area contributed by atoms with Gasteiger partial charge in [-0.25, -0.2) is 8.42 Å². The first kappa shape index (κ1) is 15.5. The molecule has 0 fully saturated rings. The minimum absolute atomic E-state index is 0.0789. The fraction of sp³-hybridized carbons (Fsp3) is 0.455. The summed E-state index contributed by atoms with van der Waals surface area (Å²) in [7, 11) is -2.53. The van der Waals surface area contributed by atoms with E-state index in [0.29, 0.717) is 0 Å². The molecule has 1 atom stereocenters. The summed E-state index contributed by atoms with van der Waals surface area (Å²) in [6.07, 6.45) is -0.821. The molecule has 0 aliphatic carbocycles. The Morgan fingerprint density at radius 2 is 2.05 bits per heavy atom. The predicted molar refractivity (Wildman–Crippen MR) is 69.3 cm³/mol. The van der Waals surface area contributed by atoms with E-state index in [1.807, 2.05) is 0 Å². The summed E-state index contributed by atoms with van der Waals surface area (Å²) in [6.45, 7) is 2.78. The Bertz CT molecular complexity index is 583. The Labute approximate surface area is 111 Å². The number of aliphatic hydroxyl groups excluding tert-OH is 1. The van der Waals surface area contributed by atoms with Crippen molar-refractivity contribution in [3.8, 4) is 0 Å². The Morgan fingerprint density at radius 1 is 1.47 bits per heavy atom. The molecule has 0 radical (unpaired) electrons. The van der Waals surface area contributed by atoms with Crippen molar-refractivity contribution >= 4 is 15.7 Å². The average Bonchev–Trinajstić information content (AvgIpc) is 2.27. The molecule has 0 bridgehead atoms. The van der Waals surface area contributed by atoms with Crippen LogP contribution in [0.15, 0.2) is 23.1 Å². The fourth-order valence-corrected chi connectivity index (χ4v) is 3.21. The smallest absolute Gasteiger partial charge is 0.273 e. The zero-order valence-electron chi connectivity index (χ0n) is 10.9. The lowest BCUT2D eigenvalue weighted by Crippen LogP contribution is -2.33. The van der Waals surface area contributed by atoms with Gasteiger partial charge in [0.2, 0.25) is 10.0 Å². The third-order valence-corrected chi connectivity index (χ3v) is 4.63. The molecule has 1 aromatic carbocycles. The van der Waals surface area contributed by atoms with Crippen molar-refractivity contribution in [2.24, 2.45) is 0 Å². The number of sulfonamides is 1. The summed E-state index contributed by atoms with van der Waals surface area (Å²) in [4.78, 5) is 10.1. The number of nitrogens with zero attached hydrogens (tertiary/aromatic N) is 2. The summed E-state index contributed by atoms with van der Waals surface area (Å²) < 4.78 is 25.5. The van der Waals surface area contributed by atoms with E-state index in [4.69, 9.17) is 0 Å². The number of nitro groups is 1. The molecule has 106 valence electrons. The van der Waals surface area contributed by atoms with Crippen LogP contribution >= 0.6 is 0 Å². The summed E-state index contributed by atoms with van der Waals surface area (Å²) in [5.41, 5.74) is -0.156. The van der Waals surface area contributed by atoms with Crippen molar-refractivity contribution in [1.82, 2.24) is 4.31 Å². The molecule has 1 N–H and O–H groups in total. The third-order valence-electron chi connectivity index (χ3n) is 2.66. The molecule has 8 heteroatoms. The second kappa shape index (κ2) is 5.64. The van der Waals surface area contributed by atoms with Gasteiger partial charge < -0.3 is 5.11 Å². The second-order valence-corrected chi connectivity index (χ2v) is 6.31. The van der Waals surface area contributed by atoms with Crippen LogP contribution in [0.3, 0.4) is 0 Å². The van der Waals surface area contributed by atoms with E-state index < -0.39 is 21.1 Å². The van der Waals surface area contributed by atoms with E-state index in [1.165, 1.54) is 39.1 Å². The van der Waals surface area contributed by atoms with Crippen molar-refractivity contribution in [3.63, 3.8) is 0 Å². The maximum Gasteiger partial charge on any atom is 0.273 e. The van der Waals surface area contributed by atoms with Crippen LogP contribution in [0.25, 0.3) is 0 Å². The molecule has 0 spiro atoms. The molecule has 1 aromatic rings. The minimum atomic E-state index is -3.85. The Morgan fingerprint density at radius 3 is 2.53 bits per heavy atom. The standard InChI is InChI=1S/C11H16N2O5S/c1-8(14)7-12(3)19(17,18)11-6-4-5-10(9(11)2)13(15)16/h4-6,8,14H,7H2,1-3H3. The van der Waals surface area contributed by atoms with Gasteiger partial charge in [0.25, 0.3) is 5.69 Å². The number of aliphatic hydroxyl groups is 1. The maximum absolute atomic E-state index is 12.3. The predicted octanol–water partition coefficient (Wildman–Crippen LogP) is 0.905. The second-order valence-electron chi connectivity index (χ2n) is 4.29. The molecular weight excluding hydrogens is 272 g/mol. The van der Waals surface area contributed by atoms with Crippen molar-refractivity contribution in [1.29, 1.82) is 0 Å². The van der Waals surface area contributed by atoms with Gasteiger partial charge in [-0.15, -0.1) is 0 Å². The highest BCUT2D eigenvalue weighted by atomic mass is 32.2. The van der Waals surface area contributed by atoms with E-state index >= 15 is 0 Å². The topological polar surface area (TPSA) is 101 Å². The van der Waals surface area contributed by atoms with Gasteiger partial charge in [0, 0.05) is 25.2 Å². The first-order valence-corrected chi connectivity index (χ1v) is 7.00. The van der Waals surface area contributed by atoms with Crippen LogP contribution in [0.4, 0.5) is 5.69 Å². The average molecular weight is 288 g/mol. The van der Waals surface area contributed by atoms with Crippen LogP contribution in [0, 0.1) is 17.0 Å². The quantitative estimate of drug-likeness (QED) is 0.641. The lowest BCUT2D eigenvalue weighted by molar-refractivity contribution is -0.385. The van der Waals surface area contributed by atoms with Gasteiger partial charge in [-0.05, 0) is 19.9 Å². The lowest BCUT2D eigenvalue weighted by Gasteiger charge is -2.19. The summed E-state index contributed by atoms with van der Waals surface area (Å²) in [5.74, 6) is 0. The highest BCUT2D eigenvalue weighted by molar-refractivity contribution is 7.89. The molecule has 0 saturated carbocycles. The van der Waals surface area contributed by atoms with Gasteiger partial charge >= 0.3 is 0 Å². The highest BCUT2D eigenvalue weighted by Gasteiger charge is 2.27. The van der Waals surface area contributed by atoms with Gasteiger partial charge in [0.15, 0.2) is 0 Å². The van der Waals surface area contributed by atoms with Gasteiger partial charge in [0.1, 0.15) is 0 Å². The number of benzene rings is 1. The fourth-order valence-electron chi connectivity index (χ4n) is 1.72. The molecule has 1 unspecified atom stereocenters. The highest BCUT2D eigenvalue weighted by Crippen LogP contribution is 2.26. The van der Waals surface area contributed by atoms with Crippen molar-refractivity contribution < 1.29 is 18.4 Å². The van der Waals surface area contributed by atoms with Gasteiger partial charge in [-0.3, -0.25) is 10.1 Å².